The monoisotopic (exact) mass is 410 g/mol. The molecule has 2 aromatic rings. The van der Waals surface area contributed by atoms with Crippen LogP contribution in [0.5, 0.6) is 0 Å². The number of hydrogen-bond acceptors (Lipinski definition) is 7. The molecule has 1 N–H and O–H groups in total. The molecule has 1 aromatic carbocycles. The van der Waals surface area contributed by atoms with Crippen molar-refractivity contribution in [3.8, 4) is 0 Å². The average Bonchev–Trinajstić information content (AvgIpc) is 3.29. The molecule has 0 bridgehead atoms. The van der Waals surface area contributed by atoms with Crippen molar-refractivity contribution in [2.75, 3.05) is 32.8 Å². The Morgan fingerprint density at radius 1 is 1.17 bits per heavy atom. The largest absolute Gasteiger partial charge is 0.467 e. The van der Waals surface area contributed by atoms with Crippen LogP contribution >= 0.6 is 0 Å². The number of hydrogen-bond donors (Lipinski definition) is 1. The summed E-state index contributed by atoms with van der Waals surface area (Å²) in [6.45, 7) is 6.00. The van der Waals surface area contributed by atoms with Crippen LogP contribution in [-0.2, 0) is 20.9 Å². The first kappa shape index (κ1) is 20.2. The maximum atomic E-state index is 12.8. The number of carbonyl (C=O) groups excluding carboxylic acids is 2. The fraction of sp³-hybridized carbons (Fsp3) is 0.409. The molecule has 2 aliphatic heterocycles. The summed E-state index contributed by atoms with van der Waals surface area (Å²) < 4.78 is 10.6. The molecule has 8 nitrogen and oxygen atoms in total. The van der Waals surface area contributed by atoms with Crippen LogP contribution in [0.3, 0.4) is 0 Å². The smallest absolute Gasteiger partial charge is 0.321 e. The number of furan rings is 1. The molecular formula is C22H26N4O4. The molecule has 30 heavy (non-hydrogen) atoms. The van der Waals surface area contributed by atoms with Crippen molar-refractivity contribution < 1.29 is 18.7 Å². The van der Waals surface area contributed by atoms with E-state index in [9.17, 15) is 9.59 Å². The van der Waals surface area contributed by atoms with Crippen LogP contribution in [0.2, 0.25) is 0 Å². The third-order valence-corrected chi connectivity index (χ3v) is 5.39. The Hall–Kier alpha value is -3.13. The van der Waals surface area contributed by atoms with Gasteiger partial charge in [0.05, 0.1) is 12.9 Å². The summed E-state index contributed by atoms with van der Waals surface area (Å²) in [6, 6.07) is 13.1. The summed E-state index contributed by atoms with van der Waals surface area (Å²) in [5.41, 5.74) is 1.28. The molecule has 0 radical (unpaired) electrons. The molecule has 3 heterocycles. The van der Waals surface area contributed by atoms with Crippen LogP contribution in [-0.4, -0.2) is 60.4 Å². The number of amides is 1. The molecule has 158 valence electrons. The van der Waals surface area contributed by atoms with E-state index in [0.717, 1.165) is 32.7 Å². The van der Waals surface area contributed by atoms with Gasteiger partial charge in [-0.25, -0.2) is 4.99 Å². The highest BCUT2D eigenvalue weighted by Crippen LogP contribution is 2.31. The lowest BCUT2D eigenvalue weighted by molar-refractivity contribution is -0.153. The van der Waals surface area contributed by atoms with Gasteiger partial charge in [-0.1, -0.05) is 30.3 Å². The highest BCUT2D eigenvalue weighted by molar-refractivity contribution is 6.08. The Kier molecular flexibility index (Phi) is 6.13. The molecular weight excluding hydrogens is 384 g/mol. The van der Waals surface area contributed by atoms with E-state index in [4.69, 9.17) is 9.15 Å². The van der Waals surface area contributed by atoms with Crippen LogP contribution in [0, 0.1) is 5.92 Å². The summed E-state index contributed by atoms with van der Waals surface area (Å²) in [7, 11) is 0. The number of guanidine groups is 1. The molecule has 2 atom stereocenters. The third kappa shape index (κ3) is 4.38. The third-order valence-electron chi connectivity index (χ3n) is 5.39. The zero-order valence-electron chi connectivity index (χ0n) is 17.0. The van der Waals surface area contributed by atoms with Crippen LogP contribution in [0.1, 0.15) is 24.3 Å². The minimum atomic E-state index is -1.06. The van der Waals surface area contributed by atoms with E-state index in [0.29, 0.717) is 11.7 Å². The number of benzene rings is 1. The summed E-state index contributed by atoms with van der Waals surface area (Å²) in [5.74, 6) is -1.10. The number of rotatable bonds is 5. The van der Waals surface area contributed by atoms with Gasteiger partial charge in [-0.15, -0.1) is 0 Å². The van der Waals surface area contributed by atoms with E-state index in [-0.39, 0.29) is 6.61 Å². The van der Waals surface area contributed by atoms with Gasteiger partial charge in [-0.2, -0.15) is 0 Å². The minimum absolute atomic E-state index is 0.202. The van der Waals surface area contributed by atoms with Gasteiger partial charge in [-0.3, -0.25) is 19.8 Å². The van der Waals surface area contributed by atoms with Gasteiger partial charge in [0.25, 0.3) is 0 Å². The SMILES string of the molecule is CCOC(=O)[C@H]1C(=O)NC(N2CCN(Cc3ccccc3)CC2)=N[C@@H]1c1ccco1. The number of carbonyl (C=O) groups is 2. The summed E-state index contributed by atoms with van der Waals surface area (Å²) >= 11 is 0. The first-order valence-corrected chi connectivity index (χ1v) is 10.3. The van der Waals surface area contributed by atoms with Crippen LogP contribution in [0.4, 0.5) is 0 Å². The van der Waals surface area contributed by atoms with Gasteiger partial charge in [0.2, 0.25) is 11.9 Å². The maximum Gasteiger partial charge on any atom is 0.321 e. The lowest BCUT2D eigenvalue weighted by Crippen LogP contribution is -2.57. The summed E-state index contributed by atoms with van der Waals surface area (Å²) in [4.78, 5) is 34.3. The van der Waals surface area contributed by atoms with Crippen LogP contribution in [0.25, 0.3) is 0 Å². The average molecular weight is 410 g/mol. The number of nitrogens with one attached hydrogen (secondary N) is 1. The Morgan fingerprint density at radius 2 is 1.93 bits per heavy atom. The molecule has 4 rings (SSSR count). The zero-order valence-corrected chi connectivity index (χ0v) is 17.0. The maximum absolute atomic E-state index is 12.8. The Balaban J connectivity index is 1.47. The lowest BCUT2D eigenvalue weighted by Gasteiger charge is -2.38. The van der Waals surface area contributed by atoms with Gasteiger partial charge in [0.15, 0.2) is 5.92 Å². The predicted octanol–water partition coefficient (Wildman–Crippen LogP) is 1.80. The molecule has 1 amide bonds. The van der Waals surface area contributed by atoms with Crippen molar-refractivity contribution in [1.29, 1.82) is 0 Å². The fourth-order valence-electron chi connectivity index (χ4n) is 3.85. The van der Waals surface area contributed by atoms with Crippen molar-refractivity contribution in [3.63, 3.8) is 0 Å². The Bertz CT molecular complexity index is 889. The van der Waals surface area contributed by atoms with Gasteiger partial charge < -0.3 is 14.1 Å². The first-order chi connectivity index (χ1) is 14.7. The molecule has 2 aliphatic rings. The second-order valence-corrected chi connectivity index (χ2v) is 7.38. The molecule has 1 aromatic heterocycles. The van der Waals surface area contributed by atoms with Gasteiger partial charge >= 0.3 is 5.97 Å². The second kappa shape index (κ2) is 9.13. The summed E-state index contributed by atoms with van der Waals surface area (Å²) in [5, 5.41) is 2.81. The topological polar surface area (TPSA) is 87.4 Å². The first-order valence-electron chi connectivity index (χ1n) is 10.3. The van der Waals surface area contributed by atoms with E-state index in [1.165, 1.54) is 11.8 Å². The Labute approximate surface area is 175 Å². The number of ether oxygens (including phenoxy) is 1. The zero-order chi connectivity index (χ0) is 20.9. The Morgan fingerprint density at radius 3 is 2.60 bits per heavy atom. The van der Waals surface area contributed by atoms with Gasteiger partial charge in [0, 0.05) is 32.7 Å². The van der Waals surface area contributed by atoms with Crippen LogP contribution < -0.4 is 5.32 Å². The second-order valence-electron chi connectivity index (χ2n) is 7.38. The normalized spacial score (nSPS) is 22.4. The predicted molar refractivity (Wildman–Crippen MR) is 110 cm³/mol. The van der Waals surface area contributed by atoms with E-state index < -0.39 is 23.8 Å². The molecule has 0 unspecified atom stereocenters. The molecule has 1 fully saturated rings. The molecule has 0 saturated carbocycles. The van der Waals surface area contributed by atoms with Crippen LogP contribution in [0.15, 0.2) is 58.1 Å². The molecule has 0 aliphatic carbocycles. The van der Waals surface area contributed by atoms with E-state index in [1.807, 2.05) is 18.2 Å². The van der Waals surface area contributed by atoms with Crippen molar-refractivity contribution >= 4 is 17.8 Å². The highest BCUT2D eigenvalue weighted by atomic mass is 16.5. The van der Waals surface area contributed by atoms with Crippen molar-refractivity contribution in [1.82, 2.24) is 15.1 Å². The summed E-state index contributed by atoms with van der Waals surface area (Å²) in [6.07, 6.45) is 1.52. The fourth-order valence-corrected chi connectivity index (χ4v) is 3.85. The molecule has 1 saturated heterocycles. The van der Waals surface area contributed by atoms with E-state index >= 15 is 0 Å². The van der Waals surface area contributed by atoms with E-state index in [1.54, 1.807) is 19.1 Å². The van der Waals surface area contributed by atoms with Crippen molar-refractivity contribution in [2.24, 2.45) is 10.9 Å². The molecule has 0 spiro atoms. The van der Waals surface area contributed by atoms with Crippen molar-refractivity contribution in [2.45, 2.75) is 19.5 Å². The highest BCUT2D eigenvalue weighted by Gasteiger charge is 2.43. The lowest BCUT2D eigenvalue weighted by atomic mass is 9.95. The quantitative estimate of drug-likeness (QED) is 0.598. The number of esters is 1. The van der Waals surface area contributed by atoms with Gasteiger partial charge in [0.1, 0.15) is 11.8 Å². The number of nitrogens with zero attached hydrogens (tertiary/aromatic N) is 3. The number of piperazine rings is 1. The van der Waals surface area contributed by atoms with Gasteiger partial charge in [-0.05, 0) is 24.6 Å². The number of aliphatic imine (C=N–C) groups is 1. The standard InChI is InChI=1S/C22H26N4O4/c1-2-29-21(28)18-19(17-9-6-14-30-17)23-22(24-20(18)27)26-12-10-25(11-13-26)15-16-7-4-3-5-8-16/h3-9,14,18-19H,2,10-13,15H2,1H3,(H,23,24,27)/t18-,19-/m1/s1. The van der Waals surface area contributed by atoms with Crippen molar-refractivity contribution in [3.05, 3.63) is 60.1 Å². The molecule has 8 heteroatoms. The van der Waals surface area contributed by atoms with E-state index in [2.05, 4.69) is 32.2 Å². The minimum Gasteiger partial charge on any atom is -0.467 e.